The molecule has 0 aliphatic heterocycles. The van der Waals surface area contributed by atoms with E-state index < -0.39 is 45.8 Å². The van der Waals surface area contributed by atoms with Crippen molar-refractivity contribution in [2.45, 2.75) is 50.2 Å². The standard InChI is InChI=1S/C35H37ClFN3O5S/c1-35(2,3)38-34(42)31(21-25-11-7-5-8-12-25)39(23-26-15-18-28(37)19-16-26)33(41)24-40(30-22-27(36)17-20-32(30)45-4)46(43,44)29-13-9-6-10-14-29/h5-20,22,31H,21,23-24H2,1-4H3,(H,38,42). The van der Waals surface area contributed by atoms with Gasteiger partial charge in [-0.3, -0.25) is 13.9 Å². The van der Waals surface area contributed by atoms with Crippen molar-refractivity contribution in [1.29, 1.82) is 0 Å². The quantitative estimate of drug-likeness (QED) is 0.193. The summed E-state index contributed by atoms with van der Waals surface area (Å²) in [4.78, 5) is 29.8. The number of anilines is 1. The third-order valence-corrected chi connectivity index (χ3v) is 9.06. The largest absolute Gasteiger partial charge is 0.495 e. The lowest BCUT2D eigenvalue weighted by Gasteiger charge is -2.35. The van der Waals surface area contributed by atoms with Crippen LogP contribution in [0.15, 0.2) is 108 Å². The molecule has 0 saturated carbocycles. The minimum atomic E-state index is -4.35. The number of ether oxygens (including phenoxy) is 1. The first-order valence-corrected chi connectivity index (χ1v) is 16.4. The SMILES string of the molecule is COc1ccc(Cl)cc1N(CC(=O)N(Cc1ccc(F)cc1)C(Cc1ccccc1)C(=O)NC(C)(C)C)S(=O)(=O)c1ccccc1. The van der Waals surface area contributed by atoms with E-state index in [4.69, 9.17) is 16.3 Å². The molecule has 11 heteroatoms. The number of nitrogens with one attached hydrogen (secondary N) is 1. The maximum atomic E-state index is 14.6. The molecule has 4 rings (SSSR count). The van der Waals surface area contributed by atoms with E-state index in [1.807, 2.05) is 51.1 Å². The van der Waals surface area contributed by atoms with Crippen LogP contribution in [-0.4, -0.2) is 50.4 Å². The Morgan fingerprint density at radius 2 is 1.50 bits per heavy atom. The maximum absolute atomic E-state index is 14.6. The van der Waals surface area contributed by atoms with E-state index in [-0.39, 0.29) is 34.3 Å². The van der Waals surface area contributed by atoms with Crippen molar-refractivity contribution in [3.05, 3.63) is 125 Å². The Morgan fingerprint density at radius 3 is 2.09 bits per heavy atom. The summed E-state index contributed by atoms with van der Waals surface area (Å²) in [6, 6.07) is 25.9. The molecule has 0 bridgehead atoms. The molecule has 46 heavy (non-hydrogen) atoms. The highest BCUT2D eigenvalue weighted by Crippen LogP contribution is 2.35. The topological polar surface area (TPSA) is 96.0 Å². The minimum Gasteiger partial charge on any atom is -0.495 e. The van der Waals surface area contributed by atoms with Crippen LogP contribution in [0.5, 0.6) is 5.75 Å². The summed E-state index contributed by atoms with van der Waals surface area (Å²) in [5.74, 6) is -1.38. The molecule has 1 unspecified atom stereocenters. The van der Waals surface area contributed by atoms with Crippen LogP contribution >= 0.6 is 11.6 Å². The average molecular weight is 666 g/mol. The Kier molecular flexibility index (Phi) is 11.1. The Hall–Kier alpha value is -4.41. The van der Waals surface area contributed by atoms with Crippen LogP contribution in [0.4, 0.5) is 10.1 Å². The fourth-order valence-corrected chi connectivity index (χ4v) is 6.49. The number of carbonyl (C=O) groups is 2. The van der Waals surface area contributed by atoms with Crippen molar-refractivity contribution in [3.63, 3.8) is 0 Å². The van der Waals surface area contributed by atoms with E-state index in [9.17, 15) is 22.4 Å². The molecule has 0 aromatic heterocycles. The smallest absolute Gasteiger partial charge is 0.264 e. The molecule has 0 aliphatic carbocycles. The van der Waals surface area contributed by atoms with E-state index in [0.29, 0.717) is 5.56 Å². The first-order valence-electron chi connectivity index (χ1n) is 14.6. The van der Waals surface area contributed by atoms with Crippen molar-refractivity contribution >= 4 is 39.1 Å². The highest BCUT2D eigenvalue weighted by atomic mass is 35.5. The zero-order valence-electron chi connectivity index (χ0n) is 26.1. The highest BCUT2D eigenvalue weighted by Gasteiger charge is 2.36. The monoisotopic (exact) mass is 665 g/mol. The molecule has 0 spiro atoms. The molecule has 1 N–H and O–H groups in total. The van der Waals surface area contributed by atoms with E-state index in [0.717, 1.165) is 9.87 Å². The lowest BCUT2D eigenvalue weighted by Crippen LogP contribution is -2.56. The van der Waals surface area contributed by atoms with Gasteiger partial charge in [0.25, 0.3) is 10.0 Å². The third-order valence-electron chi connectivity index (χ3n) is 7.06. The van der Waals surface area contributed by atoms with E-state index in [2.05, 4.69) is 5.32 Å². The van der Waals surface area contributed by atoms with Crippen LogP contribution in [0, 0.1) is 5.82 Å². The van der Waals surface area contributed by atoms with Crippen LogP contribution in [0.3, 0.4) is 0 Å². The van der Waals surface area contributed by atoms with Gasteiger partial charge in [-0.2, -0.15) is 0 Å². The molecule has 0 fully saturated rings. The number of hydrogen-bond donors (Lipinski definition) is 1. The Balaban J connectivity index is 1.85. The number of hydrogen-bond acceptors (Lipinski definition) is 5. The average Bonchev–Trinajstić information content (AvgIpc) is 3.02. The lowest BCUT2D eigenvalue weighted by molar-refractivity contribution is -0.140. The van der Waals surface area contributed by atoms with Crippen molar-refractivity contribution in [2.24, 2.45) is 0 Å². The van der Waals surface area contributed by atoms with Gasteiger partial charge in [0.05, 0.1) is 17.7 Å². The molecular formula is C35H37ClFN3O5S. The van der Waals surface area contributed by atoms with Gasteiger partial charge in [0.2, 0.25) is 11.8 Å². The molecule has 0 radical (unpaired) electrons. The second-order valence-electron chi connectivity index (χ2n) is 11.7. The van der Waals surface area contributed by atoms with Gasteiger partial charge >= 0.3 is 0 Å². The molecule has 8 nitrogen and oxygen atoms in total. The van der Waals surface area contributed by atoms with Gasteiger partial charge in [0, 0.05) is 23.5 Å². The second kappa shape index (κ2) is 14.8. The summed E-state index contributed by atoms with van der Waals surface area (Å²) in [5, 5.41) is 3.20. The highest BCUT2D eigenvalue weighted by molar-refractivity contribution is 7.92. The van der Waals surface area contributed by atoms with Gasteiger partial charge in [0.1, 0.15) is 24.2 Å². The summed E-state index contributed by atoms with van der Waals surface area (Å²) in [7, 11) is -2.96. The summed E-state index contributed by atoms with van der Waals surface area (Å²) < 4.78 is 48.7. The van der Waals surface area contributed by atoms with Gasteiger partial charge in [-0.1, -0.05) is 72.3 Å². The predicted octanol–water partition coefficient (Wildman–Crippen LogP) is 6.24. The van der Waals surface area contributed by atoms with Crippen molar-refractivity contribution < 1.29 is 27.1 Å². The number of benzene rings is 4. The van der Waals surface area contributed by atoms with Crippen LogP contribution in [0.2, 0.25) is 5.02 Å². The minimum absolute atomic E-state index is 0.0488. The van der Waals surface area contributed by atoms with E-state index >= 15 is 0 Å². The molecule has 0 heterocycles. The van der Waals surface area contributed by atoms with Crippen LogP contribution in [-0.2, 0) is 32.6 Å². The van der Waals surface area contributed by atoms with Gasteiger partial charge in [-0.05, 0) is 74.4 Å². The van der Waals surface area contributed by atoms with Gasteiger partial charge in [-0.25, -0.2) is 12.8 Å². The summed E-state index contributed by atoms with van der Waals surface area (Å²) in [6.07, 6.45) is 0.140. The first-order chi connectivity index (χ1) is 21.8. The number of rotatable bonds is 12. The summed E-state index contributed by atoms with van der Waals surface area (Å²) >= 11 is 6.32. The number of carbonyl (C=O) groups excluding carboxylic acids is 2. The number of nitrogens with zero attached hydrogens (tertiary/aromatic N) is 2. The zero-order chi connectivity index (χ0) is 33.5. The van der Waals surface area contributed by atoms with Crippen LogP contribution in [0.25, 0.3) is 0 Å². The fraction of sp³-hybridized carbons (Fsp3) is 0.257. The second-order valence-corrected chi connectivity index (χ2v) is 14.0. The fourth-order valence-electron chi connectivity index (χ4n) is 4.88. The molecular weight excluding hydrogens is 629 g/mol. The Morgan fingerprint density at radius 1 is 0.891 bits per heavy atom. The van der Waals surface area contributed by atoms with Gasteiger partial charge in [-0.15, -0.1) is 0 Å². The van der Waals surface area contributed by atoms with Crippen LogP contribution < -0.4 is 14.4 Å². The number of sulfonamides is 1. The maximum Gasteiger partial charge on any atom is 0.264 e. The molecule has 4 aromatic rings. The Bertz CT molecular complexity index is 1750. The number of halogens is 2. The molecule has 2 amide bonds. The zero-order valence-corrected chi connectivity index (χ0v) is 27.7. The predicted molar refractivity (Wildman–Crippen MR) is 178 cm³/mol. The molecule has 0 aliphatic rings. The van der Waals surface area contributed by atoms with Gasteiger partial charge in [0.15, 0.2) is 0 Å². The van der Waals surface area contributed by atoms with E-state index in [1.165, 1.54) is 60.5 Å². The first kappa shape index (κ1) is 34.5. The molecule has 0 saturated heterocycles. The van der Waals surface area contributed by atoms with Crippen molar-refractivity contribution in [3.8, 4) is 5.75 Å². The molecule has 242 valence electrons. The number of methoxy groups -OCH3 is 1. The van der Waals surface area contributed by atoms with Crippen molar-refractivity contribution in [1.82, 2.24) is 10.2 Å². The lowest BCUT2D eigenvalue weighted by atomic mass is 10.0. The Labute approximate surface area is 274 Å². The summed E-state index contributed by atoms with van der Waals surface area (Å²) in [5.41, 5.74) is 0.758. The molecule has 4 aromatic carbocycles. The van der Waals surface area contributed by atoms with Crippen LogP contribution in [0.1, 0.15) is 31.9 Å². The number of amides is 2. The summed E-state index contributed by atoms with van der Waals surface area (Å²) in [6.45, 7) is 4.70. The molecule has 1 atom stereocenters. The normalized spacial score (nSPS) is 12.2. The third kappa shape index (κ3) is 8.86. The van der Waals surface area contributed by atoms with Gasteiger partial charge < -0.3 is 15.0 Å². The van der Waals surface area contributed by atoms with Crippen molar-refractivity contribution in [2.75, 3.05) is 18.0 Å². The van der Waals surface area contributed by atoms with E-state index in [1.54, 1.807) is 24.3 Å².